The average Bonchev–Trinajstić information content (AvgIpc) is 2.96. The molecule has 0 radical (unpaired) electrons. The topological polar surface area (TPSA) is 29.9 Å². The molecular formula is C16H22ClN3S. The molecule has 0 saturated heterocycles. The fourth-order valence-corrected chi connectivity index (χ4v) is 3.44. The first-order chi connectivity index (χ1) is 10.2. The van der Waals surface area contributed by atoms with E-state index in [1.54, 1.807) is 0 Å². The molecule has 1 N–H and O–H groups in total. The molecule has 0 amide bonds. The Hall–Kier alpha value is -0.970. The maximum absolute atomic E-state index is 6.05. The molecule has 1 aromatic heterocycles. The Bertz CT molecular complexity index is 556. The molecule has 3 nitrogen and oxygen atoms in total. The number of hydrogen-bond donors (Lipinski definition) is 1. The van der Waals surface area contributed by atoms with E-state index in [0.717, 1.165) is 36.1 Å². The summed E-state index contributed by atoms with van der Waals surface area (Å²) in [7, 11) is 0. The van der Waals surface area contributed by atoms with Crippen molar-refractivity contribution in [1.29, 1.82) is 0 Å². The first kappa shape index (κ1) is 16.4. The number of nitrogens with one attached hydrogen (secondary N) is 1. The summed E-state index contributed by atoms with van der Waals surface area (Å²) >= 11 is 7.86. The van der Waals surface area contributed by atoms with E-state index < -0.39 is 0 Å². The van der Waals surface area contributed by atoms with E-state index in [0.29, 0.717) is 0 Å². The number of thioether (sulfide) groups is 1. The predicted molar refractivity (Wildman–Crippen MR) is 91.1 cm³/mol. The first-order valence-electron chi connectivity index (χ1n) is 7.37. The predicted octanol–water partition coefficient (Wildman–Crippen LogP) is 4.39. The summed E-state index contributed by atoms with van der Waals surface area (Å²) in [5, 5.41) is 4.38. The van der Waals surface area contributed by atoms with Gasteiger partial charge < -0.3 is 9.88 Å². The molecular weight excluding hydrogens is 302 g/mol. The largest absolute Gasteiger partial charge is 0.334 e. The molecule has 0 aliphatic heterocycles. The van der Waals surface area contributed by atoms with E-state index in [4.69, 9.17) is 11.6 Å². The van der Waals surface area contributed by atoms with E-state index >= 15 is 0 Å². The van der Waals surface area contributed by atoms with Crippen molar-refractivity contribution >= 4 is 23.4 Å². The van der Waals surface area contributed by atoms with Crippen molar-refractivity contribution in [2.24, 2.45) is 0 Å². The van der Waals surface area contributed by atoms with Crippen molar-refractivity contribution in [2.45, 2.75) is 37.8 Å². The van der Waals surface area contributed by atoms with Gasteiger partial charge in [0.1, 0.15) is 5.82 Å². The monoisotopic (exact) mass is 323 g/mol. The highest BCUT2D eigenvalue weighted by Gasteiger charge is 2.16. The number of aryl methyl sites for hydroxylation is 1. The highest BCUT2D eigenvalue weighted by Crippen LogP contribution is 2.26. The SMILES string of the molecule is CCCNC(CSc1cccc(Cl)c1)c1nccn1CC. The van der Waals surface area contributed by atoms with Gasteiger partial charge in [-0.05, 0) is 38.1 Å². The summed E-state index contributed by atoms with van der Waals surface area (Å²) in [6, 6.07) is 8.26. The minimum Gasteiger partial charge on any atom is -0.334 e. The lowest BCUT2D eigenvalue weighted by Gasteiger charge is -2.19. The molecule has 2 rings (SSSR count). The van der Waals surface area contributed by atoms with Gasteiger partial charge in [0.05, 0.1) is 6.04 Å². The molecule has 0 spiro atoms. The molecule has 0 aliphatic carbocycles. The van der Waals surface area contributed by atoms with Gasteiger partial charge in [-0.25, -0.2) is 4.98 Å². The third kappa shape index (κ3) is 4.77. The van der Waals surface area contributed by atoms with Gasteiger partial charge in [0, 0.05) is 34.6 Å². The first-order valence-corrected chi connectivity index (χ1v) is 8.73. The van der Waals surface area contributed by atoms with Crippen LogP contribution in [0, 0.1) is 0 Å². The molecule has 5 heteroatoms. The van der Waals surface area contributed by atoms with Gasteiger partial charge in [-0.15, -0.1) is 11.8 Å². The van der Waals surface area contributed by atoms with Crippen LogP contribution in [0.5, 0.6) is 0 Å². The van der Waals surface area contributed by atoms with Gasteiger partial charge >= 0.3 is 0 Å². The lowest BCUT2D eigenvalue weighted by Crippen LogP contribution is -2.27. The van der Waals surface area contributed by atoms with Crippen molar-refractivity contribution in [3.8, 4) is 0 Å². The lowest BCUT2D eigenvalue weighted by atomic mass is 10.3. The zero-order valence-corrected chi connectivity index (χ0v) is 14.1. The van der Waals surface area contributed by atoms with E-state index in [2.05, 4.69) is 34.8 Å². The number of aromatic nitrogens is 2. The van der Waals surface area contributed by atoms with Crippen LogP contribution in [0.25, 0.3) is 0 Å². The Kier molecular flexibility index (Phi) is 6.61. The van der Waals surface area contributed by atoms with Crippen molar-refractivity contribution in [2.75, 3.05) is 12.3 Å². The van der Waals surface area contributed by atoms with Crippen LogP contribution in [0.3, 0.4) is 0 Å². The molecule has 0 fully saturated rings. The Labute approximate surface area is 136 Å². The van der Waals surface area contributed by atoms with Gasteiger partial charge in [0.2, 0.25) is 0 Å². The van der Waals surface area contributed by atoms with Crippen LogP contribution in [0.4, 0.5) is 0 Å². The second-order valence-corrected chi connectivity index (χ2v) is 6.38. The second kappa shape index (κ2) is 8.47. The van der Waals surface area contributed by atoms with E-state index in [9.17, 15) is 0 Å². The van der Waals surface area contributed by atoms with Gasteiger partial charge in [0.15, 0.2) is 0 Å². The third-order valence-electron chi connectivity index (χ3n) is 3.25. The number of halogens is 1. The van der Waals surface area contributed by atoms with Crippen molar-refractivity contribution in [3.63, 3.8) is 0 Å². The third-order valence-corrected chi connectivity index (χ3v) is 4.58. The summed E-state index contributed by atoms with van der Waals surface area (Å²) in [4.78, 5) is 5.73. The molecule has 21 heavy (non-hydrogen) atoms. The standard InChI is InChI=1S/C16H22ClN3S/c1-3-8-18-15(16-19-9-10-20(16)4-2)12-21-14-7-5-6-13(17)11-14/h5-7,9-11,15,18H,3-4,8,12H2,1-2H3. The summed E-state index contributed by atoms with van der Waals surface area (Å²) < 4.78 is 2.20. The fourth-order valence-electron chi connectivity index (χ4n) is 2.18. The highest BCUT2D eigenvalue weighted by atomic mass is 35.5. The minimum absolute atomic E-state index is 0.254. The number of nitrogens with zero attached hydrogens (tertiary/aromatic N) is 2. The van der Waals surface area contributed by atoms with Crippen molar-refractivity contribution < 1.29 is 0 Å². The lowest BCUT2D eigenvalue weighted by molar-refractivity contribution is 0.523. The zero-order valence-electron chi connectivity index (χ0n) is 12.6. The molecule has 0 aliphatic rings. The van der Waals surface area contributed by atoms with E-state index in [1.807, 2.05) is 42.4 Å². The molecule has 1 aromatic carbocycles. The molecule has 2 aromatic rings. The Morgan fingerprint density at radius 3 is 2.95 bits per heavy atom. The number of hydrogen-bond acceptors (Lipinski definition) is 3. The quantitative estimate of drug-likeness (QED) is 0.731. The molecule has 0 bridgehead atoms. The minimum atomic E-state index is 0.254. The van der Waals surface area contributed by atoms with Gasteiger partial charge in [0.25, 0.3) is 0 Å². The van der Waals surface area contributed by atoms with Crippen LogP contribution < -0.4 is 5.32 Å². The van der Waals surface area contributed by atoms with Gasteiger partial charge in [-0.2, -0.15) is 0 Å². The van der Waals surface area contributed by atoms with Crippen LogP contribution in [-0.2, 0) is 6.54 Å². The highest BCUT2D eigenvalue weighted by molar-refractivity contribution is 7.99. The van der Waals surface area contributed by atoms with E-state index in [1.165, 1.54) is 4.90 Å². The normalized spacial score (nSPS) is 12.5. The van der Waals surface area contributed by atoms with Crippen LogP contribution in [0.15, 0.2) is 41.6 Å². The van der Waals surface area contributed by atoms with Gasteiger partial charge in [-0.1, -0.05) is 24.6 Å². The van der Waals surface area contributed by atoms with Crippen LogP contribution in [-0.4, -0.2) is 21.8 Å². The number of imidazole rings is 1. The molecule has 1 unspecified atom stereocenters. The number of benzene rings is 1. The Morgan fingerprint density at radius 2 is 2.24 bits per heavy atom. The fraction of sp³-hybridized carbons (Fsp3) is 0.438. The average molecular weight is 324 g/mol. The van der Waals surface area contributed by atoms with E-state index in [-0.39, 0.29) is 6.04 Å². The van der Waals surface area contributed by atoms with Crippen LogP contribution >= 0.6 is 23.4 Å². The second-order valence-electron chi connectivity index (χ2n) is 4.85. The molecule has 0 saturated carbocycles. The van der Waals surface area contributed by atoms with Crippen molar-refractivity contribution in [3.05, 3.63) is 47.5 Å². The maximum Gasteiger partial charge on any atom is 0.126 e. The maximum atomic E-state index is 6.05. The summed E-state index contributed by atoms with van der Waals surface area (Å²) in [5.41, 5.74) is 0. The van der Waals surface area contributed by atoms with Gasteiger partial charge in [-0.3, -0.25) is 0 Å². The Balaban J connectivity index is 2.06. The zero-order chi connectivity index (χ0) is 15.1. The molecule has 1 heterocycles. The smallest absolute Gasteiger partial charge is 0.126 e. The van der Waals surface area contributed by atoms with Crippen LogP contribution in [0.1, 0.15) is 32.1 Å². The molecule has 1 atom stereocenters. The summed E-state index contributed by atoms with van der Waals surface area (Å²) in [5.74, 6) is 2.05. The van der Waals surface area contributed by atoms with Crippen LogP contribution in [0.2, 0.25) is 5.02 Å². The van der Waals surface area contributed by atoms with Crippen molar-refractivity contribution in [1.82, 2.24) is 14.9 Å². The Morgan fingerprint density at radius 1 is 1.38 bits per heavy atom. The molecule has 114 valence electrons. The number of rotatable bonds is 8. The summed E-state index contributed by atoms with van der Waals surface area (Å²) in [6.07, 6.45) is 5.04. The summed E-state index contributed by atoms with van der Waals surface area (Å²) in [6.45, 7) is 6.27.